The zero-order chi connectivity index (χ0) is 25.9. The van der Waals surface area contributed by atoms with Crippen LogP contribution in [0.2, 0.25) is 5.02 Å². The number of ether oxygens (including phenoxy) is 2. The number of amides is 1. The molecule has 1 aliphatic heterocycles. The molecular formula is C28H26ClN5O3. The van der Waals surface area contributed by atoms with E-state index in [1.807, 2.05) is 80.6 Å². The van der Waals surface area contributed by atoms with Crippen LogP contribution < -0.4 is 20.1 Å². The Kier molecular flexibility index (Phi) is 6.83. The lowest BCUT2D eigenvalue weighted by Gasteiger charge is -2.29. The second-order valence-electron chi connectivity index (χ2n) is 8.74. The Bertz CT molecular complexity index is 1480. The second-order valence-corrected chi connectivity index (χ2v) is 9.18. The molecule has 1 aliphatic rings. The predicted octanol–water partition coefficient (Wildman–Crippen LogP) is 5.76. The number of hydrogen-bond donors (Lipinski definition) is 2. The smallest absolute Gasteiger partial charge is 0.255 e. The Morgan fingerprint density at radius 1 is 1.08 bits per heavy atom. The predicted molar refractivity (Wildman–Crippen MR) is 143 cm³/mol. The van der Waals surface area contributed by atoms with Crippen LogP contribution in [0, 0.1) is 6.92 Å². The van der Waals surface area contributed by atoms with Gasteiger partial charge in [-0.3, -0.25) is 4.79 Å². The van der Waals surface area contributed by atoms with Crippen LogP contribution in [-0.4, -0.2) is 27.8 Å². The summed E-state index contributed by atoms with van der Waals surface area (Å²) >= 11 is 6.10. The number of aromatic nitrogens is 3. The van der Waals surface area contributed by atoms with Gasteiger partial charge in [0.1, 0.15) is 19.0 Å². The summed E-state index contributed by atoms with van der Waals surface area (Å²) in [7, 11) is 1.58. The molecule has 5 rings (SSSR count). The van der Waals surface area contributed by atoms with Gasteiger partial charge in [-0.2, -0.15) is 10.1 Å². The van der Waals surface area contributed by atoms with Crippen molar-refractivity contribution in [2.24, 2.45) is 0 Å². The normalized spacial score (nSPS) is 14.5. The molecule has 9 heteroatoms. The molecule has 4 aromatic rings. The van der Waals surface area contributed by atoms with Gasteiger partial charge in [0.15, 0.2) is 11.5 Å². The van der Waals surface area contributed by atoms with Crippen molar-refractivity contribution in [1.82, 2.24) is 14.8 Å². The van der Waals surface area contributed by atoms with Gasteiger partial charge >= 0.3 is 0 Å². The third kappa shape index (κ3) is 5.15. The Balaban J connectivity index is 1.47. The fraction of sp³-hybridized carbons (Fsp3) is 0.179. The molecule has 1 atom stereocenters. The summed E-state index contributed by atoms with van der Waals surface area (Å²) in [5.41, 5.74) is 4.78. The van der Waals surface area contributed by atoms with Crippen LogP contribution in [0.4, 0.5) is 11.6 Å². The van der Waals surface area contributed by atoms with Gasteiger partial charge in [-0.25, -0.2) is 4.68 Å². The Labute approximate surface area is 219 Å². The average Bonchev–Trinajstić information content (AvgIpc) is 3.36. The van der Waals surface area contributed by atoms with Crippen LogP contribution in [0.1, 0.15) is 29.7 Å². The van der Waals surface area contributed by atoms with Gasteiger partial charge in [-0.1, -0.05) is 47.5 Å². The molecule has 1 unspecified atom stereocenters. The molecule has 188 valence electrons. The van der Waals surface area contributed by atoms with Crippen LogP contribution in [-0.2, 0) is 11.4 Å². The van der Waals surface area contributed by atoms with Crippen molar-refractivity contribution in [3.05, 3.63) is 106 Å². The molecule has 0 aliphatic carbocycles. The molecule has 0 bridgehead atoms. The highest BCUT2D eigenvalue weighted by Crippen LogP contribution is 2.39. The van der Waals surface area contributed by atoms with Gasteiger partial charge in [-0.05, 0) is 61.4 Å². The van der Waals surface area contributed by atoms with E-state index < -0.39 is 6.04 Å². The Morgan fingerprint density at radius 3 is 2.65 bits per heavy atom. The van der Waals surface area contributed by atoms with Gasteiger partial charge in [0.25, 0.3) is 5.91 Å². The maximum absolute atomic E-state index is 13.5. The van der Waals surface area contributed by atoms with E-state index in [-0.39, 0.29) is 5.91 Å². The van der Waals surface area contributed by atoms with Crippen molar-refractivity contribution >= 4 is 29.1 Å². The average molecular weight is 516 g/mol. The number of fused-ring (bicyclic) bond motifs is 1. The summed E-state index contributed by atoms with van der Waals surface area (Å²) in [6, 6.07) is 20.2. The van der Waals surface area contributed by atoms with Gasteiger partial charge < -0.3 is 20.1 Å². The van der Waals surface area contributed by atoms with E-state index in [2.05, 4.69) is 20.7 Å². The quantitative estimate of drug-likeness (QED) is 0.325. The number of allylic oxidation sites excluding steroid dienone is 1. The number of methoxy groups -OCH3 is 1. The highest BCUT2D eigenvalue weighted by atomic mass is 35.5. The summed E-state index contributed by atoms with van der Waals surface area (Å²) in [6.45, 7) is 4.19. The van der Waals surface area contributed by atoms with E-state index in [0.29, 0.717) is 46.0 Å². The van der Waals surface area contributed by atoms with E-state index in [9.17, 15) is 4.79 Å². The van der Waals surface area contributed by atoms with Gasteiger partial charge in [-0.15, -0.1) is 0 Å². The minimum atomic E-state index is -0.528. The fourth-order valence-corrected chi connectivity index (χ4v) is 4.50. The summed E-state index contributed by atoms with van der Waals surface area (Å²) in [5.74, 6) is 1.43. The van der Waals surface area contributed by atoms with Crippen LogP contribution in [0.15, 0.2) is 84.3 Å². The van der Waals surface area contributed by atoms with Crippen molar-refractivity contribution in [3.8, 4) is 11.5 Å². The summed E-state index contributed by atoms with van der Waals surface area (Å²) in [4.78, 5) is 17.9. The van der Waals surface area contributed by atoms with E-state index in [4.69, 9.17) is 21.1 Å². The van der Waals surface area contributed by atoms with Crippen molar-refractivity contribution in [2.75, 3.05) is 17.7 Å². The lowest BCUT2D eigenvalue weighted by molar-refractivity contribution is -0.113. The first kappa shape index (κ1) is 24.4. The number of aryl methyl sites for hydroxylation is 1. The molecule has 37 heavy (non-hydrogen) atoms. The third-order valence-electron chi connectivity index (χ3n) is 6.14. The minimum Gasteiger partial charge on any atom is -0.493 e. The molecule has 8 nitrogen and oxygen atoms in total. The fourth-order valence-electron chi connectivity index (χ4n) is 4.29. The topological polar surface area (TPSA) is 90.3 Å². The first-order valence-electron chi connectivity index (χ1n) is 11.7. The number of carbonyl (C=O) groups is 1. The van der Waals surface area contributed by atoms with Gasteiger partial charge in [0, 0.05) is 16.4 Å². The zero-order valence-corrected chi connectivity index (χ0v) is 21.4. The maximum atomic E-state index is 13.5. The van der Waals surface area contributed by atoms with Crippen LogP contribution in [0.25, 0.3) is 0 Å². The SMILES string of the molecule is COc1cc(C2C(C(=O)Nc3ccc(C)cc3)=C(C)Nc3ncnn32)ccc1OCc1cccc(Cl)c1. The summed E-state index contributed by atoms with van der Waals surface area (Å²) in [6.07, 6.45) is 1.46. The van der Waals surface area contributed by atoms with E-state index in [1.54, 1.807) is 11.8 Å². The molecule has 2 N–H and O–H groups in total. The highest BCUT2D eigenvalue weighted by molar-refractivity contribution is 6.30. The number of halogens is 1. The molecule has 1 amide bonds. The first-order valence-corrected chi connectivity index (χ1v) is 12.1. The summed E-state index contributed by atoms with van der Waals surface area (Å²) in [5, 5.41) is 11.3. The lowest BCUT2D eigenvalue weighted by Crippen LogP contribution is -2.31. The monoisotopic (exact) mass is 515 g/mol. The van der Waals surface area contributed by atoms with E-state index in [0.717, 1.165) is 16.7 Å². The highest BCUT2D eigenvalue weighted by Gasteiger charge is 2.34. The number of rotatable bonds is 7. The van der Waals surface area contributed by atoms with Crippen LogP contribution in [0.5, 0.6) is 11.5 Å². The first-order chi connectivity index (χ1) is 17.9. The van der Waals surface area contributed by atoms with Gasteiger partial charge in [0.05, 0.1) is 12.7 Å². The van der Waals surface area contributed by atoms with Crippen LogP contribution in [0.3, 0.4) is 0 Å². The van der Waals surface area contributed by atoms with Gasteiger partial charge in [0.2, 0.25) is 5.95 Å². The number of nitrogens with zero attached hydrogens (tertiary/aromatic N) is 3. The van der Waals surface area contributed by atoms with E-state index >= 15 is 0 Å². The minimum absolute atomic E-state index is 0.236. The van der Waals surface area contributed by atoms with Crippen molar-refractivity contribution in [2.45, 2.75) is 26.5 Å². The molecule has 0 spiro atoms. The molecular weight excluding hydrogens is 490 g/mol. The molecule has 0 fully saturated rings. The maximum Gasteiger partial charge on any atom is 0.255 e. The van der Waals surface area contributed by atoms with Crippen molar-refractivity contribution in [1.29, 1.82) is 0 Å². The lowest BCUT2D eigenvalue weighted by atomic mass is 9.94. The van der Waals surface area contributed by atoms with Crippen LogP contribution >= 0.6 is 11.6 Å². The molecule has 1 aromatic heterocycles. The number of anilines is 2. The molecule has 0 radical (unpaired) electrons. The molecule has 0 saturated carbocycles. The van der Waals surface area contributed by atoms with E-state index in [1.165, 1.54) is 6.33 Å². The molecule has 2 heterocycles. The summed E-state index contributed by atoms with van der Waals surface area (Å²) < 4.78 is 13.4. The number of benzene rings is 3. The third-order valence-corrected chi connectivity index (χ3v) is 6.37. The Hall–Kier alpha value is -4.30. The number of nitrogens with one attached hydrogen (secondary N) is 2. The number of hydrogen-bond acceptors (Lipinski definition) is 6. The molecule has 0 saturated heterocycles. The van der Waals surface area contributed by atoms with Crippen molar-refractivity contribution in [3.63, 3.8) is 0 Å². The number of carbonyl (C=O) groups excluding carboxylic acids is 1. The molecule has 3 aromatic carbocycles. The largest absolute Gasteiger partial charge is 0.493 e. The zero-order valence-electron chi connectivity index (χ0n) is 20.7. The Morgan fingerprint density at radius 2 is 1.89 bits per heavy atom. The van der Waals surface area contributed by atoms with Crippen molar-refractivity contribution < 1.29 is 14.3 Å². The standard InChI is InChI=1S/C28H26ClN5O3/c1-17-7-10-22(11-8-17)33-27(35)25-18(2)32-28-30-16-31-34(28)26(25)20-9-12-23(24(14-20)36-3)37-15-19-5-4-6-21(29)13-19/h4-14,16,26H,15H2,1-3H3,(H,33,35)(H,30,31,32). The second kappa shape index (κ2) is 10.4.